The van der Waals surface area contributed by atoms with E-state index in [4.69, 9.17) is 4.74 Å². The van der Waals surface area contributed by atoms with Gasteiger partial charge in [-0.3, -0.25) is 4.79 Å². The Balaban J connectivity index is 1.67. The van der Waals surface area contributed by atoms with Crippen LogP contribution in [0.15, 0.2) is 18.2 Å². The summed E-state index contributed by atoms with van der Waals surface area (Å²) in [5, 5.41) is 6.53. The topological polar surface area (TPSA) is 50.4 Å². The van der Waals surface area contributed by atoms with Crippen LogP contribution in [0, 0.1) is 0 Å². The van der Waals surface area contributed by atoms with Crippen LogP contribution in [0.5, 0.6) is 0 Å². The van der Waals surface area contributed by atoms with Crippen LogP contribution in [-0.2, 0) is 16.0 Å². The number of nitrogens with one attached hydrogen (secondary N) is 2. The molecule has 3 rings (SSSR count). The fraction of sp³-hybridized carbons (Fsp3) is 0.562. The third-order valence-corrected chi connectivity index (χ3v) is 4.33. The highest BCUT2D eigenvalue weighted by molar-refractivity contribution is 5.94. The van der Waals surface area contributed by atoms with Crippen molar-refractivity contribution in [1.29, 1.82) is 0 Å². The highest BCUT2D eigenvalue weighted by Crippen LogP contribution is 2.28. The van der Waals surface area contributed by atoms with Gasteiger partial charge in [0.2, 0.25) is 5.91 Å². The maximum atomic E-state index is 11.4. The van der Waals surface area contributed by atoms with E-state index in [0.29, 0.717) is 18.6 Å². The number of carbonyl (C=O) groups is 1. The number of amides is 1. The van der Waals surface area contributed by atoms with Gasteiger partial charge in [-0.1, -0.05) is 0 Å². The molecule has 0 spiro atoms. The summed E-state index contributed by atoms with van der Waals surface area (Å²) in [5.74, 6) is 0.119. The van der Waals surface area contributed by atoms with Crippen LogP contribution in [0.25, 0.3) is 0 Å². The van der Waals surface area contributed by atoms with Crippen LogP contribution in [0.3, 0.4) is 0 Å². The number of rotatable bonds is 3. The number of hydrogen-bond donors (Lipinski definition) is 2. The standard InChI is InChI=1S/C16H22N2O2/c1-20-14-4-2-3-12(10-14)17-13-6-7-15-11(9-13)5-8-16(19)18-15/h6-7,9,12,14,17H,2-5,8,10H2,1H3,(H,18,19). The number of methoxy groups -OCH3 is 1. The van der Waals surface area contributed by atoms with Gasteiger partial charge in [0, 0.05) is 30.9 Å². The highest BCUT2D eigenvalue weighted by Gasteiger charge is 2.22. The Morgan fingerprint density at radius 1 is 1.30 bits per heavy atom. The van der Waals surface area contributed by atoms with Gasteiger partial charge in [-0.05, 0) is 55.9 Å². The molecule has 1 aliphatic carbocycles. The Morgan fingerprint density at radius 3 is 3.05 bits per heavy atom. The van der Waals surface area contributed by atoms with Gasteiger partial charge in [0.15, 0.2) is 0 Å². The van der Waals surface area contributed by atoms with Crippen molar-refractivity contribution in [3.05, 3.63) is 23.8 Å². The molecule has 1 heterocycles. The molecule has 1 aromatic carbocycles. The Kier molecular flexibility index (Phi) is 3.92. The van der Waals surface area contributed by atoms with Crippen molar-refractivity contribution in [2.45, 2.75) is 50.7 Å². The molecule has 4 heteroatoms. The molecule has 4 nitrogen and oxygen atoms in total. The van der Waals surface area contributed by atoms with Gasteiger partial charge < -0.3 is 15.4 Å². The van der Waals surface area contributed by atoms with Crippen molar-refractivity contribution in [2.24, 2.45) is 0 Å². The maximum Gasteiger partial charge on any atom is 0.224 e. The van der Waals surface area contributed by atoms with Gasteiger partial charge in [0.05, 0.1) is 6.10 Å². The van der Waals surface area contributed by atoms with Crippen molar-refractivity contribution >= 4 is 17.3 Å². The van der Waals surface area contributed by atoms with Gasteiger partial charge in [0.1, 0.15) is 0 Å². The summed E-state index contributed by atoms with van der Waals surface area (Å²) < 4.78 is 5.47. The molecule has 2 unspecified atom stereocenters. The Morgan fingerprint density at radius 2 is 2.20 bits per heavy atom. The van der Waals surface area contributed by atoms with E-state index in [9.17, 15) is 4.79 Å². The largest absolute Gasteiger partial charge is 0.382 e. The minimum Gasteiger partial charge on any atom is -0.382 e. The Labute approximate surface area is 119 Å². The summed E-state index contributed by atoms with van der Waals surface area (Å²) in [5.41, 5.74) is 3.35. The van der Waals surface area contributed by atoms with Crippen molar-refractivity contribution in [2.75, 3.05) is 17.7 Å². The summed E-state index contributed by atoms with van der Waals surface area (Å²) in [7, 11) is 1.80. The summed E-state index contributed by atoms with van der Waals surface area (Å²) in [6, 6.07) is 6.72. The molecule has 2 atom stereocenters. The highest BCUT2D eigenvalue weighted by atomic mass is 16.5. The van der Waals surface area contributed by atoms with Gasteiger partial charge in [-0.2, -0.15) is 0 Å². The maximum absolute atomic E-state index is 11.4. The predicted molar refractivity (Wildman–Crippen MR) is 80.1 cm³/mol. The van der Waals surface area contributed by atoms with E-state index in [1.165, 1.54) is 24.8 Å². The number of fused-ring (bicyclic) bond motifs is 1. The lowest BCUT2D eigenvalue weighted by Gasteiger charge is -2.30. The normalized spacial score (nSPS) is 25.8. The lowest BCUT2D eigenvalue weighted by molar-refractivity contribution is -0.116. The minimum atomic E-state index is 0.119. The number of carbonyl (C=O) groups excluding carboxylic acids is 1. The molecule has 1 amide bonds. The SMILES string of the molecule is COC1CCCC(Nc2ccc3c(c2)CCC(=O)N3)C1. The summed E-state index contributed by atoms with van der Waals surface area (Å²) in [4.78, 5) is 11.4. The molecule has 2 N–H and O–H groups in total. The molecular weight excluding hydrogens is 252 g/mol. The van der Waals surface area contributed by atoms with Crippen LogP contribution in [0.1, 0.15) is 37.7 Å². The Hall–Kier alpha value is -1.55. The van der Waals surface area contributed by atoms with Crippen molar-refractivity contribution < 1.29 is 9.53 Å². The lowest BCUT2D eigenvalue weighted by atomic mass is 9.92. The zero-order chi connectivity index (χ0) is 13.9. The zero-order valence-electron chi connectivity index (χ0n) is 11.9. The first-order valence-electron chi connectivity index (χ1n) is 7.46. The van der Waals surface area contributed by atoms with Crippen LogP contribution in [0.2, 0.25) is 0 Å². The van der Waals surface area contributed by atoms with Crippen molar-refractivity contribution in [1.82, 2.24) is 0 Å². The van der Waals surface area contributed by atoms with E-state index in [1.54, 1.807) is 7.11 Å². The number of ether oxygens (including phenoxy) is 1. The molecule has 1 saturated carbocycles. The molecular formula is C16H22N2O2. The molecule has 0 aromatic heterocycles. The van der Waals surface area contributed by atoms with E-state index in [-0.39, 0.29) is 5.91 Å². The molecule has 0 saturated heterocycles. The second kappa shape index (κ2) is 5.83. The first kappa shape index (κ1) is 13.4. The van der Waals surface area contributed by atoms with Crippen molar-refractivity contribution in [3.63, 3.8) is 0 Å². The van der Waals surface area contributed by atoms with Gasteiger partial charge in [-0.15, -0.1) is 0 Å². The molecule has 1 aliphatic heterocycles. The van der Waals surface area contributed by atoms with Gasteiger partial charge in [-0.25, -0.2) is 0 Å². The molecule has 20 heavy (non-hydrogen) atoms. The molecule has 0 bridgehead atoms. The third kappa shape index (κ3) is 2.96. The second-order valence-corrected chi connectivity index (χ2v) is 5.79. The quantitative estimate of drug-likeness (QED) is 0.891. The van der Waals surface area contributed by atoms with Gasteiger partial charge in [0.25, 0.3) is 0 Å². The van der Waals surface area contributed by atoms with E-state index < -0.39 is 0 Å². The van der Waals surface area contributed by atoms with E-state index in [2.05, 4.69) is 22.8 Å². The van der Waals surface area contributed by atoms with Crippen LogP contribution in [0.4, 0.5) is 11.4 Å². The molecule has 108 valence electrons. The van der Waals surface area contributed by atoms with Crippen LogP contribution in [-0.4, -0.2) is 25.2 Å². The average molecular weight is 274 g/mol. The molecule has 0 radical (unpaired) electrons. The molecule has 2 aliphatic rings. The molecule has 1 aromatic rings. The van der Waals surface area contributed by atoms with Crippen molar-refractivity contribution in [3.8, 4) is 0 Å². The number of hydrogen-bond acceptors (Lipinski definition) is 3. The first-order valence-corrected chi connectivity index (χ1v) is 7.46. The Bertz CT molecular complexity index is 501. The van der Waals surface area contributed by atoms with Gasteiger partial charge >= 0.3 is 0 Å². The summed E-state index contributed by atoms with van der Waals surface area (Å²) >= 11 is 0. The van der Waals surface area contributed by atoms with E-state index in [0.717, 1.165) is 24.2 Å². The van der Waals surface area contributed by atoms with E-state index >= 15 is 0 Å². The fourth-order valence-corrected chi connectivity index (χ4v) is 3.20. The lowest BCUT2D eigenvalue weighted by Crippen LogP contribution is -2.31. The predicted octanol–water partition coefficient (Wildman–Crippen LogP) is 2.94. The zero-order valence-corrected chi connectivity index (χ0v) is 11.9. The molecule has 1 fully saturated rings. The monoisotopic (exact) mass is 274 g/mol. The summed E-state index contributed by atoms with van der Waals surface area (Å²) in [6.45, 7) is 0. The third-order valence-electron chi connectivity index (χ3n) is 4.33. The number of aryl methyl sites for hydroxylation is 1. The fourth-order valence-electron chi connectivity index (χ4n) is 3.20. The minimum absolute atomic E-state index is 0.119. The van der Waals surface area contributed by atoms with E-state index in [1.807, 2.05) is 6.07 Å². The number of benzene rings is 1. The van der Waals surface area contributed by atoms with Crippen LogP contribution < -0.4 is 10.6 Å². The first-order chi connectivity index (χ1) is 9.74. The van der Waals surface area contributed by atoms with Crippen LogP contribution >= 0.6 is 0 Å². The second-order valence-electron chi connectivity index (χ2n) is 5.79. The summed E-state index contributed by atoms with van der Waals surface area (Å²) in [6.07, 6.45) is 6.48. The average Bonchev–Trinajstić information content (AvgIpc) is 2.47. The number of anilines is 2. The smallest absolute Gasteiger partial charge is 0.224 e.